The number of anilines is 1. The highest BCUT2D eigenvalue weighted by molar-refractivity contribution is 6.05. The van der Waals surface area contributed by atoms with Gasteiger partial charge < -0.3 is 14.8 Å². The number of benzene rings is 2. The lowest BCUT2D eigenvalue weighted by Crippen LogP contribution is -2.22. The Balaban J connectivity index is 1.89. The summed E-state index contributed by atoms with van der Waals surface area (Å²) in [6.45, 7) is 1.78. The molecule has 0 unspecified atom stereocenters. The summed E-state index contributed by atoms with van der Waals surface area (Å²) in [5.74, 6) is -1.82. The molecule has 4 aromatic rings. The Morgan fingerprint density at radius 3 is 2.73 bits per heavy atom. The molecule has 0 atom stereocenters. The largest absolute Gasteiger partial charge is 0.508 e. The van der Waals surface area contributed by atoms with Crippen LogP contribution in [0.4, 0.5) is 20.3 Å². The van der Waals surface area contributed by atoms with Crippen LogP contribution in [-0.4, -0.2) is 16.0 Å². The molecule has 0 fully saturated rings. The fourth-order valence-electron chi connectivity index (χ4n) is 2.83. The molecule has 2 aromatic heterocycles. The quantitative estimate of drug-likeness (QED) is 0.519. The SMILES string of the molecule is Cc1cccc(NC(=O)c2cc3ccc(O)cc3oc2=Nc2cc(F)ccc2F)n1. The van der Waals surface area contributed by atoms with Crippen LogP contribution in [0.1, 0.15) is 16.1 Å². The van der Waals surface area contributed by atoms with Gasteiger partial charge in [0.15, 0.2) is 0 Å². The standard InChI is InChI=1S/C22H15F2N3O3/c1-12-3-2-4-20(25-12)27-21(29)16-9-13-5-7-15(28)11-19(13)30-22(16)26-18-10-14(23)6-8-17(18)24/h2-11,28H,1H3,(H,25,27,29). The first-order valence-corrected chi connectivity index (χ1v) is 8.91. The Morgan fingerprint density at radius 2 is 1.93 bits per heavy atom. The molecule has 1 amide bonds. The number of phenols is 1. The van der Waals surface area contributed by atoms with Crippen LogP contribution in [0.5, 0.6) is 5.75 Å². The Morgan fingerprint density at radius 1 is 1.10 bits per heavy atom. The third-order valence-electron chi connectivity index (χ3n) is 4.24. The van der Waals surface area contributed by atoms with Gasteiger partial charge in [-0.15, -0.1) is 0 Å². The van der Waals surface area contributed by atoms with Crippen LogP contribution in [0.25, 0.3) is 11.0 Å². The van der Waals surface area contributed by atoms with Gasteiger partial charge in [-0.2, -0.15) is 0 Å². The van der Waals surface area contributed by atoms with E-state index in [1.807, 2.05) is 0 Å². The number of nitrogens with one attached hydrogen (secondary N) is 1. The second-order valence-electron chi connectivity index (χ2n) is 6.51. The normalized spacial score (nSPS) is 11.6. The van der Waals surface area contributed by atoms with Crippen LogP contribution < -0.4 is 10.9 Å². The predicted octanol–water partition coefficient (Wildman–Crippen LogP) is 4.60. The Hall–Kier alpha value is -4.07. The first kappa shape index (κ1) is 19.3. The van der Waals surface area contributed by atoms with E-state index in [1.54, 1.807) is 31.2 Å². The van der Waals surface area contributed by atoms with Crippen LogP contribution in [0.2, 0.25) is 0 Å². The van der Waals surface area contributed by atoms with E-state index >= 15 is 0 Å². The molecule has 2 aromatic carbocycles. The molecule has 0 aliphatic carbocycles. The average molecular weight is 407 g/mol. The number of aromatic hydroxyl groups is 1. The van der Waals surface area contributed by atoms with Gasteiger partial charge in [0.25, 0.3) is 5.91 Å². The van der Waals surface area contributed by atoms with Crippen LogP contribution in [0.15, 0.2) is 70.1 Å². The van der Waals surface area contributed by atoms with E-state index in [9.17, 15) is 18.7 Å². The van der Waals surface area contributed by atoms with Gasteiger partial charge in [-0.25, -0.2) is 18.8 Å². The van der Waals surface area contributed by atoms with Crippen LogP contribution in [-0.2, 0) is 0 Å². The number of hydrogen-bond donors (Lipinski definition) is 2. The van der Waals surface area contributed by atoms with Crippen molar-refractivity contribution in [2.75, 3.05) is 5.32 Å². The number of carbonyl (C=O) groups is 1. The van der Waals surface area contributed by atoms with Gasteiger partial charge in [-0.1, -0.05) is 6.07 Å². The summed E-state index contributed by atoms with van der Waals surface area (Å²) < 4.78 is 33.3. The van der Waals surface area contributed by atoms with Crippen molar-refractivity contribution in [3.63, 3.8) is 0 Å². The van der Waals surface area contributed by atoms with Crippen LogP contribution in [0, 0.1) is 18.6 Å². The summed E-state index contributed by atoms with van der Waals surface area (Å²) in [6, 6.07) is 13.7. The van der Waals surface area contributed by atoms with E-state index in [1.165, 1.54) is 18.2 Å². The zero-order valence-electron chi connectivity index (χ0n) is 15.7. The van der Waals surface area contributed by atoms with E-state index in [4.69, 9.17) is 4.42 Å². The molecular weight excluding hydrogens is 392 g/mol. The highest BCUT2D eigenvalue weighted by Crippen LogP contribution is 2.22. The fourth-order valence-corrected chi connectivity index (χ4v) is 2.83. The Kier molecular flexibility index (Phi) is 4.97. The third kappa shape index (κ3) is 4.02. The minimum atomic E-state index is -0.783. The molecule has 150 valence electrons. The number of hydrogen-bond acceptors (Lipinski definition) is 5. The van der Waals surface area contributed by atoms with Crippen molar-refractivity contribution in [1.29, 1.82) is 0 Å². The van der Waals surface area contributed by atoms with E-state index < -0.39 is 17.5 Å². The van der Waals surface area contributed by atoms with Crippen molar-refractivity contribution in [3.8, 4) is 5.75 Å². The lowest BCUT2D eigenvalue weighted by Gasteiger charge is -2.07. The molecule has 0 bridgehead atoms. The van der Waals surface area contributed by atoms with E-state index in [0.717, 1.165) is 18.2 Å². The number of carbonyl (C=O) groups excluding carboxylic acids is 1. The monoisotopic (exact) mass is 407 g/mol. The Labute approximate surface area is 169 Å². The number of amides is 1. The molecule has 4 rings (SSSR count). The first-order valence-electron chi connectivity index (χ1n) is 8.91. The maximum atomic E-state index is 14.1. The second-order valence-corrected chi connectivity index (χ2v) is 6.51. The van der Waals surface area contributed by atoms with Gasteiger partial charge in [0.2, 0.25) is 5.55 Å². The average Bonchev–Trinajstić information content (AvgIpc) is 2.70. The van der Waals surface area contributed by atoms with Crippen LogP contribution in [0.3, 0.4) is 0 Å². The van der Waals surface area contributed by atoms with Crippen molar-refractivity contribution in [1.82, 2.24) is 4.98 Å². The molecule has 0 radical (unpaired) electrons. The summed E-state index contributed by atoms with van der Waals surface area (Å²) in [7, 11) is 0. The summed E-state index contributed by atoms with van der Waals surface area (Å²) in [5.41, 5.74) is 0.331. The molecular formula is C22H15F2N3O3. The molecule has 2 heterocycles. The highest BCUT2D eigenvalue weighted by Gasteiger charge is 2.15. The number of aromatic nitrogens is 1. The summed E-state index contributed by atoms with van der Waals surface area (Å²) in [4.78, 5) is 21.1. The molecule has 0 aliphatic heterocycles. The topological polar surface area (TPSA) is 87.7 Å². The minimum absolute atomic E-state index is 0.0137. The number of pyridine rings is 1. The zero-order chi connectivity index (χ0) is 21.3. The smallest absolute Gasteiger partial charge is 0.262 e. The zero-order valence-corrected chi connectivity index (χ0v) is 15.7. The van der Waals surface area contributed by atoms with Crippen molar-refractivity contribution in [2.24, 2.45) is 4.99 Å². The molecule has 6 nitrogen and oxygen atoms in total. The van der Waals surface area contributed by atoms with Crippen LogP contribution >= 0.6 is 0 Å². The number of aryl methyl sites for hydroxylation is 1. The maximum absolute atomic E-state index is 14.1. The number of rotatable bonds is 3. The van der Waals surface area contributed by atoms with Gasteiger partial charge in [-0.05, 0) is 49.4 Å². The fraction of sp³-hybridized carbons (Fsp3) is 0.0455. The van der Waals surface area contributed by atoms with Gasteiger partial charge in [-0.3, -0.25) is 4.79 Å². The lowest BCUT2D eigenvalue weighted by atomic mass is 10.1. The van der Waals surface area contributed by atoms with E-state index in [0.29, 0.717) is 16.9 Å². The molecule has 30 heavy (non-hydrogen) atoms. The molecule has 8 heteroatoms. The minimum Gasteiger partial charge on any atom is -0.508 e. The molecule has 0 saturated heterocycles. The van der Waals surface area contributed by atoms with Crippen molar-refractivity contribution >= 4 is 28.4 Å². The summed E-state index contributed by atoms with van der Waals surface area (Å²) in [6.07, 6.45) is 0. The number of fused-ring (bicyclic) bond motifs is 1. The third-order valence-corrected chi connectivity index (χ3v) is 4.24. The molecule has 2 N–H and O–H groups in total. The summed E-state index contributed by atoms with van der Waals surface area (Å²) in [5, 5.41) is 12.9. The number of phenolic OH excluding ortho intramolecular Hbond substituents is 1. The van der Waals surface area contributed by atoms with Gasteiger partial charge in [0.05, 0.1) is 0 Å². The van der Waals surface area contributed by atoms with Gasteiger partial charge >= 0.3 is 0 Å². The maximum Gasteiger partial charge on any atom is 0.262 e. The van der Waals surface area contributed by atoms with Crippen molar-refractivity contribution in [3.05, 3.63) is 89.1 Å². The first-order chi connectivity index (χ1) is 14.4. The Bertz CT molecular complexity index is 1350. The van der Waals surface area contributed by atoms with E-state index in [-0.39, 0.29) is 28.1 Å². The highest BCUT2D eigenvalue weighted by atomic mass is 19.1. The number of halogens is 2. The van der Waals surface area contributed by atoms with Crippen molar-refractivity contribution in [2.45, 2.75) is 6.92 Å². The summed E-state index contributed by atoms with van der Waals surface area (Å²) >= 11 is 0. The van der Waals surface area contributed by atoms with E-state index in [2.05, 4.69) is 15.3 Å². The predicted molar refractivity (Wildman–Crippen MR) is 106 cm³/mol. The number of nitrogens with zero attached hydrogens (tertiary/aromatic N) is 2. The van der Waals surface area contributed by atoms with Gasteiger partial charge in [0, 0.05) is 23.2 Å². The lowest BCUT2D eigenvalue weighted by molar-refractivity contribution is 0.102. The van der Waals surface area contributed by atoms with Gasteiger partial charge in [0.1, 0.15) is 40.0 Å². The molecule has 0 aliphatic rings. The molecule has 0 saturated carbocycles. The van der Waals surface area contributed by atoms with Crippen molar-refractivity contribution < 1.29 is 23.1 Å². The second kappa shape index (κ2) is 7.75. The molecule has 0 spiro atoms.